The van der Waals surface area contributed by atoms with Gasteiger partial charge in [-0.1, -0.05) is 0 Å². The summed E-state index contributed by atoms with van der Waals surface area (Å²) in [6.45, 7) is 0. The molecule has 1 aromatic carbocycles. The van der Waals surface area contributed by atoms with Crippen molar-refractivity contribution in [2.24, 2.45) is 0 Å². The Morgan fingerprint density at radius 3 is 2.78 bits per heavy atom. The lowest BCUT2D eigenvalue weighted by molar-refractivity contribution is 0.0693. The molecule has 0 radical (unpaired) electrons. The van der Waals surface area contributed by atoms with Gasteiger partial charge in [0.15, 0.2) is 11.3 Å². The quantitative estimate of drug-likeness (QED) is 0.802. The van der Waals surface area contributed by atoms with E-state index in [2.05, 4.69) is 0 Å². The molecule has 0 bridgehead atoms. The van der Waals surface area contributed by atoms with Crippen molar-refractivity contribution in [3.63, 3.8) is 0 Å². The smallest absolute Gasteiger partial charge is 0.339 e. The van der Waals surface area contributed by atoms with Crippen molar-refractivity contribution in [3.05, 3.63) is 39.7 Å². The van der Waals surface area contributed by atoms with Crippen LogP contribution < -0.4 is 10.4 Å². The van der Waals surface area contributed by atoms with E-state index in [1.807, 2.05) is 0 Å². The second kappa shape index (κ2) is 4.22. The van der Waals surface area contributed by atoms with E-state index in [4.69, 9.17) is 19.5 Å². The van der Waals surface area contributed by atoms with Gasteiger partial charge in [-0.15, -0.1) is 0 Å². The zero-order valence-corrected chi connectivity index (χ0v) is 9.26. The summed E-state index contributed by atoms with van der Waals surface area (Å²) in [5.41, 5.74) is -0.864. The van der Waals surface area contributed by atoms with E-state index in [-0.39, 0.29) is 22.5 Å². The highest BCUT2D eigenvalue weighted by Gasteiger charge is 2.20. The molecule has 0 saturated carbocycles. The van der Waals surface area contributed by atoms with Crippen molar-refractivity contribution < 1.29 is 19.1 Å². The number of carboxylic acid groups (broad SMARTS) is 1. The lowest BCUT2D eigenvalue weighted by Crippen LogP contribution is -2.04. The predicted octanol–water partition coefficient (Wildman–Crippen LogP) is 1.37. The maximum absolute atomic E-state index is 11.1. The molecular weight excluding hydrogens is 238 g/mol. The molecular formula is C12H7NO5. The number of benzene rings is 1. The van der Waals surface area contributed by atoms with E-state index in [1.165, 1.54) is 19.2 Å². The molecule has 0 aliphatic heterocycles. The van der Waals surface area contributed by atoms with Gasteiger partial charge in [0.1, 0.15) is 17.2 Å². The Balaban J connectivity index is 3.00. The molecule has 0 aliphatic rings. The lowest BCUT2D eigenvalue weighted by atomic mass is 10.0. The highest BCUT2D eigenvalue weighted by Crippen LogP contribution is 2.30. The number of hydrogen-bond acceptors (Lipinski definition) is 5. The monoisotopic (exact) mass is 245 g/mol. The zero-order chi connectivity index (χ0) is 13.3. The Morgan fingerprint density at radius 1 is 1.50 bits per heavy atom. The van der Waals surface area contributed by atoms with Crippen LogP contribution >= 0.6 is 0 Å². The van der Waals surface area contributed by atoms with Crippen LogP contribution in [0, 0.1) is 11.3 Å². The number of nitrogens with zero attached hydrogens (tertiary/aromatic N) is 1. The average Bonchev–Trinajstić information content (AvgIpc) is 2.36. The molecule has 0 aliphatic carbocycles. The van der Waals surface area contributed by atoms with Crippen molar-refractivity contribution in [1.82, 2.24) is 0 Å². The van der Waals surface area contributed by atoms with E-state index in [9.17, 15) is 9.59 Å². The molecule has 0 fully saturated rings. The molecule has 2 rings (SSSR count). The number of nitriles is 1. The van der Waals surface area contributed by atoms with Gasteiger partial charge in [0.25, 0.3) is 0 Å². The number of carbonyl (C=O) groups is 1. The topological polar surface area (TPSA) is 101 Å². The van der Waals surface area contributed by atoms with Crippen molar-refractivity contribution in [2.75, 3.05) is 7.11 Å². The summed E-state index contributed by atoms with van der Waals surface area (Å²) < 4.78 is 9.82. The number of ether oxygens (including phenoxy) is 1. The summed E-state index contributed by atoms with van der Waals surface area (Å²) in [5.74, 6) is -1.34. The first-order chi connectivity index (χ1) is 8.58. The van der Waals surface area contributed by atoms with Gasteiger partial charge in [0, 0.05) is 11.5 Å². The number of hydrogen-bond donors (Lipinski definition) is 1. The number of rotatable bonds is 2. The third-order valence-electron chi connectivity index (χ3n) is 2.41. The van der Waals surface area contributed by atoms with Crippen molar-refractivity contribution in [3.8, 4) is 11.8 Å². The first-order valence-corrected chi connectivity index (χ1v) is 4.86. The molecule has 0 atom stereocenters. The summed E-state index contributed by atoms with van der Waals surface area (Å²) in [6, 6.07) is 5.63. The lowest BCUT2D eigenvalue weighted by Gasteiger charge is -2.08. The maximum atomic E-state index is 11.1. The highest BCUT2D eigenvalue weighted by atomic mass is 16.5. The fourth-order valence-corrected chi connectivity index (χ4v) is 1.67. The van der Waals surface area contributed by atoms with Crippen molar-refractivity contribution in [1.29, 1.82) is 5.26 Å². The van der Waals surface area contributed by atoms with Gasteiger partial charge in [0.05, 0.1) is 7.11 Å². The van der Waals surface area contributed by atoms with Crippen molar-refractivity contribution >= 4 is 16.9 Å². The SMILES string of the molecule is COc1c(C(=O)O)cc2ccc(=O)oc2c1C#N. The second-order valence-corrected chi connectivity index (χ2v) is 3.42. The normalized spacial score (nSPS) is 10.0. The standard InChI is InChI=1S/C12H7NO5/c1-17-11-7(12(15)16)4-6-2-3-9(14)18-10(6)8(11)5-13/h2-4H,1H3,(H,15,16). The van der Waals surface area contributed by atoms with Crippen LogP contribution in [0.5, 0.6) is 5.75 Å². The van der Waals surface area contributed by atoms with Gasteiger partial charge in [-0.3, -0.25) is 0 Å². The molecule has 0 amide bonds. The maximum Gasteiger partial charge on any atom is 0.339 e. The summed E-state index contributed by atoms with van der Waals surface area (Å²) in [7, 11) is 1.25. The highest BCUT2D eigenvalue weighted by molar-refractivity contribution is 5.99. The van der Waals surface area contributed by atoms with E-state index in [0.717, 1.165) is 6.07 Å². The fourth-order valence-electron chi connectivity index (χ4n) is 1.67. The molecule has 6 nitrogen and oxygen atoms in total. The number of carboxylic acids is 1. The van der Waals surface area contributed by atoms with Crippen LogP contribution in [-0.2, 0) is 0 Å². The van der Waals surface area contributed by atoms with Gasteiger partial charge < -0.3 is 14.3 Å². The van der Waals surface area contributed by atoms with Gasteiger partial charge in [-0.25, -0.2) is 9.59 Å². The minimum Gasteiger partial charge on any atom is -0.494 e. The van der Waals surface area contributed by atoms with E-state index < -0.39 is 11.6 Å². The summed E-state index contributed by atoms with van der Waals surface area (Å²) in [6.07, 6.45) is 0. The molecule has 0 spiro atoms. The Labute approximate surface area is 101 Å². The summed E-state index contributed by atoms with van der Waals surface area (Å²) in [5, 5.41) is 18.5. The molecule has 0 saturated heterocycles. The molecule has 1 N–H and O–H groups in total. The van der Waals surface area contributed by atoms with Gasteiger partial charge >= 0.3 is 11.6 Å². The van der Waals surface area contributed by atoms with Crippen LogP contribution in [0.25, 0.3) is 11.0 Å². The molecule has 2 aromatic rings. The first kappa shape index (κ1) is 11.7. The largest absolute Gasteiger partial charge is 0.494 e. The van der Waals surface area contributed by atoms with Crippen LogP contribution in [0.15, 0.2) is 27.4 Å². The third-order valence-corrected chi connectivity index (χ3v) is 2.41. The minimum atomic E-state index is -1.23. The van der Waals surface area contributed by atoms with Crippen LogP contribution in [0.4, 0.5) is 0 Å². The van der Waals surface area contributed by atoms with Gasteiger partial charge in [-0.05, 0) is 12.1 Å². The van der Waals surface area contributed by atoms with Crippen molar-refractivity contribution in [2.45, 2.75) is 0 Å². The minimum absolute atomic E-state index is 0.0202. The predicted molar refractivity (Wildman–Crippen MR) is 60.7 cm³/mol. The molecule has 6 heteroatoms. The van der Waals surface area contributed by atoms with Crippen LogP contribution in [-0.4, -0.2) is 18.2 Å². The Bertz CT molecular complexity index is 738. The van der Waals surface area contributed by atoms with E-state index in [0.29, 0.717) is 5.39 Å². The van der Waals surface area contributed by atoms with Crippen LogP contribution in [0.3, 0.4) is 0 Å². The molecule has 0 unspecified atom stereocenters. The average molecular weight is 245 g/mol. The fraction of sp³-hybridized carbons (Fsp3) is 0.0833. The number of fused-ring (bicyclic) bond motifs is 1. The molecule has 1 aromatic heterocycles. The van der Waals surface area contributed by atoms with Crippen LogP contribution in [0.2, 0.25) is 0 Å². The summed E-state index contributed by atoms with van der Waals surface area (Å²) >= 11 is 0. The third kappa shape index (κ3) is 1.68. The Kier molecular flexibility index (Phi) is 2.73. The van der Waals surface area contributed by atoms with E-state index in [1.54, 1.807) is 6.07 Å². The molecule has 18 heavy (non-hydrogen) atoms. The van der Waals surface area contributed by atoms with Gasteiger partial charge in [-0.2, -0.15) is 5.26 Å². The number of methoxy groups -OCH3 is 1. The second-order valence-electron chi connectivity index (χ2n) is 3.42. The Hall–Kier alpha value is -2.81. The van der Waals surface area contributed by atoms with E-state index >= 15 is 0 Å². The zero-order valence-electron chi connectivity index (χ0n) is 9.26. The van der Waals surface area contributed by atoms with Gasteiger partial charge in [0.2, 0.25) is 0 Å². The first-order valence-electron chi connectivity index (χ1n) is 4.86. The van der Waals surface area contributed by atoms with Crippen LogP contribution in [0.1, 0.15) is 15.9 Å². The molecule has 1 heterocycles. The Morgan fingerprint density at radius 2 is 2.22 bits per heavy atom. The molecule has 90 valence electrons. The summed E-state index contributed by atoms with van der Waals surface area (Å²) in [4.78, 5) is 22.2. The number of aromatic carboxylic acids is 1.